The predicted octanol–water partition coefficient (Wildman–Crippen LogP) is 4.16. The molecule has 0 spiro atoms. The summed E-state index contributed by atoms with van der Waals surface area (Å²) in [6.07, 6.45) is 0. The Kier molecular flexibility index (Phi) is 2.92. The molecule has 0 aliphatic heterocycles. The van der Waals surface area contributed by atoms with Gasteiger partial charge in [0, 0.05) is 4.47 Å². The molecule has 3 heteroatoms. The fourth-order valence-electron chi connectivity index (χ4n) is 2.19. The van der Waals surface area contributed by atoms with Crippen molar-refractivity contribution in [2.45, 2.75) is 13.5 Å². The first-order valence-electron chi connectivity index (χ1n) is 5.91. The topological polar surface area (TPSA) is 17.8 Å². The third kappa shape index (κ3) is 1.95. The summed E-state index contributed by atoms with van der Waals surface area (Å²) in [4.78, 5) is 4.59. The minimum Gasteiger partial charge on any atom is -0.324 e. The molecule has 0 saturated heterocycles. The lowest BCUT2D eigenvalue weighted by molar-refractivity contribution is 0.783. The Hall–Kier alpha value is -1.61. The molecule has 0 aliphatic rings. The second-order valence-electron chi connectivity index (χ2n) is 4.33. The number of hydrogen-bond acceptors (Lipinski definition) is 1. The van der Waals surface area contributed by atoms with Crippen LogP contribution in [-0.4, -0.2) is 9.55 Å². The molecule has 0 fully saturated rings. The number of benzene rings is 2. The van der Waals surface area contributed by atoms with Crippen molar-refractivity contribution in [3.05, 3.63) is 64.4 Å². The van der Waals surface area contributed by atoms with Gasteiger partial charge in [-0.25, -0.2) is 4.98 Å². The number of aryl methyl sites for hydroxylation is 1. The fourth-order valence-corrected chi connectivity index (χ4v) is 2.60. The molecular formula is C15H13BrN2. The molecule has 0 saturated carbocycles. The van der Waals surface area contributed by atoms with E-state index in [4.69, 9.17) is 0 Å². The molecule has 0 aliphatic carbocycles. The highest BCUT2D eigenvalue weighted by Crippen LogP contribution is 2.21. The molecule has 2 nitrogen and oxygen atoms in total. The summed E-state index contributed by atoms with van der Waals surface area (Å²) in [5.74, 6) is 1.05. The first kappa shape index (κ1) is 11.5. The van der Waals surface area contributed by atoms with Gasteiger partial charge in [0.2, 0.25) is 0 Å². The smallest absolute Gasteiger partial charge is 0.107 e. The lowest BCUT2D eigenvalue weighted by atomic mass is 10.2. The van der Waals surface area contributed by atoms with Crippen molar-refractivity contribution in [1.29, 1.82) is 0 Å². The van der Waals surface area contributed by atoms with E-state index in [1.54, 1.807) is 0 Å². The highest BCUT2D eigenvalue weighted by molar-refractivity contribution is 9.10. The van der Waals surface area contributed by atoms with Crippen molar-refractivity contribution >= 4 is 27.0 Å². The first-order chi connectivity index (χ1) is 8.75. The average Bonchev–Trinajstić information content (AvgIpc) is 2.69. The van der Waals surface area contributed by atoms with E-state index in [1.807, 2.05) is 12.1 Å². The van der Waals surface area contributed by atoms with Crippen molar-refractivity contribution < 1.29 is 0 Å². The molecule has 1 aromatic heterocycles. The van der Waals surface area contributed by atoms with Gasteiger partial charge in [-0.1, -0.05) is 46.3 Å². The molecule has 3 rings (SSSR count). The van der Waals surface area contributed by atoms with Crippen LogP contribution in [0.25, 0.3) is 11.0 Å². The van der Waals surface area contributed by atoms with Gasteiger partial charge in [0.1, 0.15) is 5.82 Å². The normalized spacial score (nSPS) is 11.0. The second kappa shape index (κ2) is 4.58. The van der Waals surface area contributed by atoms with Gasteiger partial charge in [-0.05, 0) is 30.7 Å². The summed E-state index contributed by atoms with van der Waals surface area (Å²) in [7, 11) is 0. The number of nitrogens with zero attached hydrogens (tertiary/aromatic N) is 2. The van der Waals surface area contributed by atoms with E-state index in [-0.39, 0.29) is 0 Å². The van der Waals surface area contributed by atoms with Crippen LogP contribution in [0.15, 0.2) is 53.0 Å². The van der Waals surface area contributed by atoms with Crippen molar-refractivity contribution in [3.63, 3.8) is 0 Å². The lowest BCUT2D eigenvalue weighted by Gasteiger charge is -2.08. The number of rotatable bonds is 2. The summed E-state index contributed by atoms with van der Waals surface area (Å²) in [6, 6.07) is 16.6. The molecule has 0 atom stereocenters. The SMILES string of the molecule is Cc1nc2ccccc2n1Cc1ccccc1Br. The van der Waals surface area contributed by atoms with Gasteiger partial charge in [0.15, 0.2) is 0 Å². The lowest BCUT2D eigenvalue weighted by Crippen LogP contribution is -2.02. The number of aromatic nitrogens is 2. The number of para-hydroxylation sites is 2. The van der Waals surface area contributed by atoms with Crippen LogP contribution in [0.2, 0.25) is 0 Å². The molecule has 0 N–H and O–H groups in total. The van der Waals surface area contributed by atoms with Gasteiger partial charge < -0.3 is 4.57 Å². The number of halogens is 1. The Labute approximate surface area is 114 Å². The minimum atomic E-state index is 0.841. The van der Waals surface area contributed by atoms with E-state index in [9.17, 15) is 0 Å². The third-order valence-electron chi connectivity index (χ3n) is 3.13. The average molecular weight is 301 g/mol. The summed E-state index contributed by atoms with van der Waals surface area (Å²) >= 11 is 3.60. The van der Waals surface area contributed by atoms with E-state index in [0.29, 0.717) is 0 Å². The van der Waals surface area contributed by atoms with E-state index < -0.39 is 0 Å². The van der Waals surface area contributed by atoms with Gasteiger partial charge in [-0.3, -0.25) is 0 Å². The zero-order valence-corrected chi connectivity index (χ0v) is 11.7. The quantitative estimate of drug-likeness (QED) is 0.695. The number of hydrogen-bond donors (Lipinski definition) is 0. The molecule has 90 valence electrons. The molecular weight excluding hydrogens is 288 g/mol. The van der Waals surface area contributed by atoms with Crippen LogP contribution in [0, 0.1) is 6.92 Å². The first-order valence-corrected chi connectivity index (χ1v) is 6.70. The van der Waals surface area contributed by atoms with E-state index in [0.717, 1.165) is 22.4 Å². The Bertz CT molecular complexity index is 701. The van der Waals surface area contributed by atoms with Crippen LogP contribution < -0.4 is 0 Å². The van der Waals surface area contributed by atoms with E-state index in [2.05, 4.69) is 68.8 Å². The number of fused-ring (bicyclic) bond motifs is 1. The Morgan fingerprint density at radius 1 is 1.06 bits per heavy atom. The van der Waals surface area contributed by atoms with E-state index in [1.165, 1.54) is 11.1 Å². The highest BCUT2D eigenvalue weighted by atomic mass is 79.9. The largest absolute Gasteiger partial charge is 0.324 e. The van der Waals surface area contributed by atoms with Crippen LogP contribution in [0.4, 0.5) is 0 Å². The van der Waals surface area contributed by atoms with Gasteiger partial charge in [0.25, 0.3) is 0 Å². The van der Waals surface area contributed by atoms with Crippen molar-refractivity contribution in [1.82, 2.24) is 9.55 Å². The summed E-state index contributed by atoms with van der Waals surface area (Å²) in [5.41, 5.74) is 3.51. The molecule has 2 aromatic carbocycles. The standard InChI is InChI=1S/C15H13BrN2/c1-11-17-14-8-4-5-9-15(14)18(11)10-12-6-2-3-7-13(12)16/h2-9H,10H2,1H3. The van der Waals surface area contributed by atoms with Crippen molar-refractivity contribution in [2.75, 3.05) is 0 Å². The van der Waals surface area contributed by atoms with Crippen LogP contribution in [0.1, 0.15) is 11.4 Å². The van der Waals surface area contributed by atoms with Crippen LogP contribution in [0.3, 0.4) is 0 Å². The summed E-state index contributed by atoms with van der Waals surface area (Å²) < 4.78 is 3.39. The second-order valence-corrected chi connectivity index (χ2v) is 5.18. The maximum Gasteiger partial charge on any atom is 0.107 e. The van der Waals surface area contributed by atoms with Crippen molar-refractivity contribution in [2.24, 2.45) is 0 Å². The maximum atomic E-state index is 4.59. The minimum absolute atomic E-state index is 0.841. The monoisotopic (exact) mass is 300 g/mol. The molecule has 1 heterocycles. The molecule has 0 amide bonds. The van der Waals surface area contributed by atoms with E-state index >= 15 is 0 Å². The van der Waals surface area contributed by atoms with Crippen LogP contribution >= 0.6 is 15.9 Å². The molecule has 18 heavy (non-hydrogen) atoms. The van der Waals surface area contributed by atoms with Crippen LogP contribution in [-0.2, 0) is 6.54 Å². The highest BCUT2D eigenvalue weighted by Gasteiger charge is 2.08. The van der Waals surface area contributed by atoms with Gasteiger partial charge in [-0.2, -0.15) is 0 Å². The zero-order chi connectivity index (χ0) is 12.5. The molecule has 3 aromatic rings. The predicted molar refractivity (Wildman–Crippen MR) is 77.7 cm³/mol. The van der Waals surface area contributed by atoms with Gasteiger partial charge in [0.05, 0.1) is 17.6 Å². The Morgan fingerprint density at radius 2 is 1.78 bits per heavy atom. The summed E-state index contributed by atoms with van der Waals surface area (Å²) in [5, 5.41) is 0. The maximum absolute atomic E-state index is 4.59. The zero-order valence-electron chi connectivity index (χ0n) is 10.1. The third-order valence-corrected chi connectivity index (χ3v) is 3.91. The Morgan fingerprint density at radius 3 is 2.61 bits per heavy atom. The van der Waals surface area contributed by atoms with Crippen molar-refractivity contribution in [3.8, 4) is 0 Å². The molecule has 0 unspecified atom stereocenters. The fraction of sp³-hybridized carbons (Fsp3) is 0.133. The van der Waals surface area contributed by atoms with Gasteiger partial charge in [-0.15, -0.1) is 0 Å². The van der Waals surface area contributed by atoms with Gasteiger partial charge >= 0.3 is 0 Å². The summed E-state index contributed by atoms with van der Waals surface area (Å²) in [6.45, 7) is 2.89. The molecule has 0 bridgehead atoms. The molecule has 0 radical (unpaired) electrons. The number of imidazole rings is 1. The van der Waals surface area contributed by atoms with Crippen LogP contribution in [0.5, 0.6) is 0 Å². The Balaban J connectivity index is 2.10.